The molecule has 6 aromatic carbocycles. The Balaban J connectivity index is 1.47. The van der Waals surface area contributed by atoms with Gasteiger partial charge in [0.2, 0.25) is 5.28 Å². The molecule has 1 aromatic heterocycles. The number of hydrogen-bond donors (Lipinski definition) is 0. The minimum Gasteiger partial charge on any atom is -0.208 e. The Morgan fingerprint density at radius 3 is 1.78 bits per heavy atom. The second kappa shape index (κ2) is 8.81. The number of benzene rings is 6. The van der Waals surface area contributed by atoms with Crippen LogP contribution in [0.25, 0.3) is 66.2 Å². The van der Waals surface area contributed by atoms with Crippen molar-refractivity contribution in [1.82, 2.24) is 15.0 Å². The van der Waals surface area contributed by atoms with Gasteiger partial charge in [-0.15, -0.1) is 0 Å². The molecule has 0 saturated carbocycles. The van der Waals surface area contributed by atoms with Crippen LogP contribution in [0.5, 0.6) is 0 Å². The van der Waals surface area contributed by atoms with Crippen molar-refractivity contribution in [3.63, 3.8) is 0 Å². The van der Waals surface area contributed by atoms with Crippen molar-refractivity contribution < 1.29 is 0 Å². The fourth-order valence-corrected chi connectivity index (χ4v) is 5.30. The van der Waals surface area contributed by atoms with E-state index in [2.05, 4.69) is 107 Å². The molecule has 0 aliphatic heterocycles. The maximum absolute atomic E-state index is 6.53. The molecule has 7 aromatic rings. The van der Waals surface area contributed by atoms with Gasteiger partial charge in [-0.1, -0.05) is 103 Å². The third kappa shape index (κ3) is 3.81. The predicted octanol–water partition coefficient (Wildman–Crippen LogP) is 8.99. The van der Waals surface area contributed by atoms with Crippen LogP contribution in [-0.4, -0.2) is 15.0 Å². The monoisotopic (exact) mass is 493 g/mol. The van der Waals surface area contributed by atoms with E-state index in [-0.39, 0.29) is 5.28 Å². The maximum atomic E-state index is 6.53. The Bertz CT molecular complexity index is 1950. The molecule has 0 spiro atoms. The quantitative estimate of drug-likeness (QED) is 0.230. The zero-order chi connectivity index (χ0) is 24.8. The highest BCUT2D eigenvalue weighted by molar-refractivity contribution is 6.28. The van der Waals surface area contributed by atoms with E-state index in [9.17, 15) is 0 Å². The zero-order valence-electron chi connectivity index (χ0n) is 19.8. The van der Waals surface area contributed by atoms with Gasteiger partial charge in [0, 0.05) is 11.1 Å². The molecule has 37 heavy (non-hydrogen) atoms. The summed E-state index contributed by atoms with van der Waals surface area (Å²) in [5, 5.41) is 7.04. The second-order valence-electron chi connectivity index (χ2n) is 9.05. The zero-order valence-corrected chi connectivity index (χ0v) is 20.5. The van der Waals surface area contributed by atoms with Crippen molar-refractivity contribution in [2.45, 2.75) is 0 Å². The van der Waals surface area contributed by atoms with Gasteiger partial charge in [0.05, 0.1) is 0 Å². The van der Waals surface area contributed by atoms with Crippen LogP contribution in [0.4, 0.5) is 0 Å². The lowest BCUT2D eigenvalue weighted by atomic mass is 9.95. The summed E-state index contributed by atoms with van der Waals surface area (Å²) in [6.07, 6.45) is 0. The number of aromatic nitrogens is 3. The molecule has 1 heterocycles. The summed E-state index contributed by atoms with van der Waals surface area (Å²) in [5.74, 6) is 1.11. The molecule has 0 atom stereocenters. The van der Waals surface area contributed by atoms with Gasteiger partial charge in [-0.05, 0) is 73.2 Å². The smallest absolute Gasteiger partial charge is 0.208 e. The lowest BCUT2D eigenvalue weighted by molar-refractivity contribution is 1.07. The van der Waals surface area contributed by atoms with Crippen LogP contribution < -0.4 is 0 Å². The van der Waals surface area contributed by atoms with E-state index >= 15 is 0 Å². The Hall–Kier alpha value is -4.60. The molecule has 0 fully saturated rings. The van der Waals surface area contributed by atoms with Crippen LogP contribution in [0.1, 0.15) is 0 Å². The Morgan fingerprint density at radius 2 is 1.00 bits per heavy atom. The summed E-state index contributed by atoms with van der Waals surface area (Å²) in [6, 6.07) is 41.9. The van der Waals surface area contributed by atoms with E-state index in [1.54, 1.807) is 0 Å². The van der Waals surface area contributed by atoms with E-state index < -0.39 is 0 Å². The lowest BCUT2D eigenvalue weighted by Gasteiger charge is -2.13. The van der Waals surface area contributed by atoms with Gasteiger partial charge in [0.1, 0.15) is 0 Å². The first-order valence-electron chi connectivity index (χ1n) is 12.2. The van der Waals surface area contributed by atoms with Crippen LogP contribution >= 0.6 is 11.6 Å². The molecule has 0 unspecified atom stereocenters. The van der Waals surface area contributed by atoms with Crippen LogP contribution in [0.15, 0.2) is 121 Å². The van der Waals surface area contributed by atoms with E-state index in [0.717, 1.165) is 43.8 Å². The molecule has 174 valence electrons. The molecule has 0 radical (unpaired) electrons. The molecule has 0 amide bonds. The summed E-state index contributed by atoms with van der Waals surface area (Å²) in [7, 11) is 0. The highest BCUT2D eigenvalue weighted by atomic mass is 35.5. The average Bonchev–Trinajstić information content (AvgIpc) is 2.96. The molecule has 0 bridgehead atoms. The normalized spacial score (nSPS) is 11.4. The molecule has 0 aliphatic rings. The minimum absolute atomic E-state index is 0.173. The molecule has 4 heteroatoms. The average molecular weight is 494 g/mol. The fraction of sp³-hybridized carbons (Fsp3) is 0. The van der Waals surface area contributed by atoms with Gasteiger partial charge in [0.25, 0.3) is 0 Å². The first kappa shape index (κ1) is 21.7. The summed E-state index contributed by atoms with van der Waals surface area (Å²) >= 11 is 6.53. The highest BCUT2D eigenvalue weighted by Gasteiger charge is 2.16. The van der Waals surface area contributed by atoms with Crippen LogP contribution in [0, 0.1) is 0 Å². The first-order valence-corrected chi connectivity index (χ1v) is 12.5. The van der Waals surface area contributed by atoms with Crippen molar-refractivity contribution in [3.8, 4) is 33.9 Å². The molecule has 0 saturated heterocycles. The summed E-state index contributed by atoms with van der Waals surface area (Å²) in [6.45, 7) is 0. The molecular formula is C33H20ClN3. The van der Waals surface area contributed by atoms with Gasteiger partial charge >= 0.3 is 0 Å². The van der Waals surface area contributed by atoms with Crippen LogP contribution in [0.3, 0.4) is 0 Å². The summed E-state index contributed by atoms with van der Waals surface area (Å²) < 4.78 is 0. The van der Waals surface area contributed by atoms with Gasteiger partial charge < -0.3 is 0 Å². The van der Waals surface area contributed by atoms with Crippen molar-refractivity contribution in [2.24, 2.45) is 0 Å². The van der Waals surface area contributed by atoms with Crippen molar-refractivity contribution in [2.75, 3.05) is 0 Å². The van der Waals surface area contributed by atoms with Gasteiger partial charge in [0.15, 0.2) is 11.6 Å². The molecule has 3 nitrogen and oxygen atoms in total. The largest absolute Gasteiger partial charge is 0.226 e. The van der Waals surface area contributed by atoms with Crippen LogP contribution in [-0.2, 0) is 0 Å². The van der Waals surface area contributed by atoms with Crippen molar-refractivity contribution >= 4 is 43.9 Å². The van der Waals surface area contributed by atoms with E-state index in [1.165, 1.54) is 10.8 Å². The fourth-order valence-electron chi connectivity index (χ4n) is 5.14. The molecule has 0 N–H and O–H groups in total. The highest BCUT2D eigenvalue weighted by Crippen LogP contribution is 2.36. The van der Waals surface area contributed by atoms with E-state index in [0.29, 0.717) is 11.6 Å². The van der Waals surface area contributed by atoms with Gasteiger partial charge in [-0.2, -0.15) is 9.97 Å². The lowest BCUT2D eigenvalue weighted by Crippen LogP contribution is -1.98. The Labute approximate surface area is 219 Å². The van der Waals surface area contributed by atoms with Gasteiger partial charge in [-0.25, -0.2) is 4.98 Å². The number of rotatable bonds is 3. The van der Waals surface area contributed by atoms with Crippen molar-refractivity contribution in [1.29, 1.82) is 0 Å². The molecular weight excluding hydrogens is 474 g/mol. The van der Waals surface area contributed by atoms with E-state index in [1.807, 2.05) is 24.3 Å². The predicted molar refractivity (Wildman–Crippen MR) is 154 cm³/mol. The van der Waals surface area contributed by atoms with E-state index in [4.69, 9.17) is 16.6 Å². The molecule has 0 aliphatic carbocycles. The number of nitrogens with zero attached hydrogens (tertiary/aromatic N) is 3. The number of halogens is 1. The standard InChI is InChI=1S/C33H20ClN3/c34-33-36-31(24-18-22-12-4-7-15-26(22)29(20-24)21-10-2-1-3-11-21)35-32(37-33)30-19-23-13-5-6-14-25(23)27-16-8-9-17-28(27)30/h1-20H. The van der Waals surface area contributed by atoms with Crippen molar-refractivity contribution in [3.05, 3.63) is 127 Å². The third-order valence-corrected chi connectivity index (χ3v) is 6.99. The number of fused-ring (bicyclic) bond motifs is 4. The topological polar surface area (TPSA) is 38.7 Å². The minimum atomic E-state index is 0.173. The second-order valence-corrected chi connectivity index (χ2v) is 9.39. The number of hydrogen-bond acceptors (Lipinski definition) is 3. The third-order valence-electron chi connectivity index (χ3n) is 6.82. The van der Waals surface area contributed by atoms with Crippen LogP contribution in [0.2, 0.25) is 5.28 Å². The van der Waals surface area contributed by atoms with Gasteiger partial charge in [-0.3, -0.25) is 0 Å². The molecule has 7 rings (SSSR count). The maximum Gasteiger partial charge on any atom is 0.226 e. The summed E-state index contributed by atoms with van der Waals surface area (Å²) in [5.41, 5.74) is 4.10. The Kier molecular flexibility index (Phi) is 5.16. The first-order chi connectivity index (χ1) is 18.2. The summed E-state index contributed by atoms with van der Waals surface area (Å²) in [4.78, 5) is 14.1. The SMILES string of the molecule is Clc1nc(-c2cc(-c3ccccc3)c3ccccc3c2)nc(-c2cc3ccccc3c3ccccc23)n1. The Morgan fingerprint density at radius 1 is 0.405 bits per heavy atom.